The monoisotopic (exact) mass is 322 g/mol. The molecule has 0 heterocycles. The van der Waals surface area contributed by atoms with Gasteiger partial charge in [-0.3, -0.25) is 0 Å². The maximum Gasteiger partial charge on any atom is 0.0408 e. The molecule has 4 fully saturated rings. The summed E-state index contributed by atoms with van der Waals surface area (Å²) in [5.41, 5.74) is 1.87. The van der Waals surface area contributed by atoms with Crippen molar-refractivity contribution in [3.8, 4) is 0 Å². The van der Waals surface area contributed by atoms with Crippen molar-refractivity contribution in [3.63, 3.8) is 0 Å². The minimum atomic E-state index is 0.264. The van der Waals surface area contributed by atoms with Crippen LogP contribution in [0.3, 0.4) is 0 Å². The molecule has 5 rings (SSSR count). The van der Waals surface area contributed by atoms with E-state index in [4.69, 9.17) is 23.2 Å². The van der Waals surface area contributed by atoms with Crippen LogP contribution in [0.15, 0.2) is 24.3 Å². The highest BCUT2D eigenvalue weighted by atomic mass is 35.5. The molecule has 4 aliphatic rings. The summed E-state index contributed by atoms with van der Waals surface area (Å²) >= 11 is 12.8. The van der Waals surface area contributed by atoms with Crippen molar-refractivity contribution in [3.05, 3.63) is 34.9 Å². The van der Waals surface area contributed by atoms with Crippen molar-refractivity contribution in [2.45, 2.75) is 56.7 Å². The van der Waals surface area contributed by atoms with Crippen LogP contribution in [0.4, 0.5) is 0 Å². The highest BCUT2D eigenvalue weighted by Gasteiger charge is 2.51. The molecule has 0 saturated heterocycles. The Hall–Kier alpha value is -0.200. The van der Waals surface area contributed by atoms with Gasteiger partial charge in [-0.15, -0.1) is 11.6 Å². The summed E-state index contributed by atoms with van der Waals surface area (Å²) in [6, 6.07) is 8.19. The number of alkyl halides is 1. The summed E-state index contributed by atoms with van der Waals surface area (Å²) < 4.78 is 0. The van der Waals surface area contributed by atoms with Gasteiger partial charge in [0.05, 0.1) is 0 Å². The third-order valence-corrected chi connectivity index (χ3v) is 6.71. The van der Waals surface area contributed by atoms with Crippen LogP contribution in [0.25, 0.3) is 0 Å². The Morgan fingerprint density at radius 2 is 1.67 bits per heavy atom. The van der Waals surface area contributed by atoms with Gasteiger partial charge in [-0.25, -0.2) is 0 Å². The number of hydrogen-bond donors (Lipinski definition) is 0. The molecule has 4 saturated carbocycles. The van der Waals surface area contributed by atoms with E-state index >= 15 is 0 Å². The first-order valence-corrected chi connectivity index (χ1v) is 9.30. The van der Waals surface area contributed by atoms with Gasteiger partial charge in [-0.1, -0.05) is 23.7 Å². The molecule has 4 aliphatic carbocycles. The molecule has 4 bridgehead atoms. The Bertz CT molecular complexity index is 487. The molecule has 0 spiro atoms. The van der Waals surface area contributed by atoms with E-state index in [9.17, 15) is 0 Å². The van der Waals surface area contributed by atoms with Crippen molar-refractivity contribution in [2.24, 2.45) is 23.2 Å². The molecule has 1 aromatic rings. The molecule has 2 heteroatoms. The van der Waals surface area contributed by atoms with Gasteiger partial charge in [0.15, 0.2) is 0 Å². The predicted molar refractivity (Wildman–Crippen MR) is 90.0 cm³/mol. The summed E-state index contributed by atoms with van der Waals surface area (Å²) in [7, 11) is 0. The van der Waals surface area contributed by atoms with Crippen LogP contribution in [0.5, 0.6) is 0 Å². The summed E-state index contributed by atoms with van der Waals surface area (Å²) in [5.74, 6) is 3.06. The molecular formula is C19H24Cl2. The fourth-order valence-corrected chi connectivity index (χ4v) is 6.72. The standard InChI is InChI=1S/C19H24Cl2/c20-17-3-1-2-13(7-17)8-18(21)12-19-9-14-4-15(10-19)6-16(5-14)11-19/h1-3,7,14-16,18H,4-6,8-12H2. The fourth-order valence-electron chi connectivity index (χ4n) is 6.00. The fraction of sp³-hybridized carbons (Fsp3) is 0.684. The van der Waals surface area contributed by atoms with E-state index in [1.165, 1.54) is 50.5 Å². The van der Waals surface area contributed by atoms with Crippen LogP contribution in [0.2, 0.25) is 5.02 Å². The molecule has 0 aromatic heterocycles. The van der Waals surface area contributed by atoms with Gasteiger partial charge >= 0.3 is 0 Å². The molecule has 21 heavy (non-hydrogen) atoms. The van der Waals surface area contributed by atoms with E-state index < -0.39 is 0 Å². The summed E-state index contributed by atoms with van der Waals surface area (Å²) in [5, 5.41) is 1.09. The molecule has 0 nitrogen and oxygen atoms in total. The maximum atomic E-state index is 6.76. The first-order valence-electron chi connectivity index (χ1n) is 8.49. The minimum absolute atomic E-state index is 0.264. The molecule has 0 aliphatic heterocycles. The van der Waals surface area contributed by atoms with Gasteiger partial charge in [0.1, 0.15) is 0 Å². The van der Waals surface area contributed by atoms with Crippen molar-refractivity contribution >= 4 is 23.2 Å². The quantitative estimate of drug-likeness (QED) is 0.588. The lowest BCUT2D eigenvalue weighted by atomic mass is 9.48. The number of hydrogen-bond acceptors (Lipinski definition) is 0. The van der Waals surface area contributed by atoms with Gasteiger partial charge in [-0.05, 0) is 92.2 Å². The zero-order valence-corrected chi connectivity index (χ0v) is 14.0. The second-order valence-corrected chi connectivity index (χ2v) is 9.11. The van der Waals surface area contributed by atoms with E-state index in [0.717, 1.165) is 29.2 Å². The van der Waals surface area contributed by atoms with E-state index in [1.807, 2.05) is 12.1 Å². The van der Waals surface area contributed by atoms with Crippen LogP contribution in [-0.2, 0) is 6.42 Å². The molecule has 1 unspecified atom stereocenters. The van der Waals surface area contributed by atoms with Crippen molar-refractivity contribution in [1.29, 1.82) is 0 Å². The zero-order valence-electron chi connectivity index (χ0n) is 12.5. The van der Waals surface area contributed by atoms with Crippen molar-refractivity contribution in [1.82, 2.24) is 0 Å². The Morgan fingerprint density at radius 1 is 1.05 bits per heavy atom. The van der Waals surface area contributed by atoms with Crippen LogP contribution in [-0.4, -0.2) is 5.38 Å². The second-order valence-electron chi connectivity index (χ2n) is 8.05. The Kier molecular flexibility index (Phi) is 3.74. The third kappa shape index (κ3) is 2.99. The Morgan fingerprint density at radius 3 is 2.24 bits per heavy atom. The summed E-state index contributed by atoms with van der Waals surface area (Å²) in [6.45, 7) is 0. The van der Waals surface area contributed by atoms with Crippen LogP contribution in [0.1, 0.15) is 50.5 Å². The van der Waals surface area contributed by atoms with E-state index in [2.05, 4.69) is 12.1 Å². The number of benzene rings is 1. The van der Waals surface area contributed by atoms with Gasteiger partial charge in [0, 0.05) is 10.4 Å². The predicted octanol–water partition coefficient (Wildman–Crippen LogP) is 6.10. The van der Waals surface area contributed by atoms with Gasteiger partial charge < -0.3 is 0 Å². The lowest BCUT2D eigenvalue weighted by Gasteiger charge is -2.57. The van der Waals surface area contributed by atoms with Crippen molar-refractivity contribution in [2.75, 3.05) is 0 Å². The number of halogens is 2. The lowest BCUT2D eigenvalue weighted by molar-refractivity contribution is -0.0574. The highest BCUT2D eigenvalue weighted by molar-refractivity contribution is 6.30. The molecule has 0 amide bonds. The first kappa shape index (κ1) is 14.4. The third-order valence-electron chi connectivity index (χ3n) is 6.17. The van der Waals surface area contributed by atoms with Crippen molar-refractivity contribution < 1.29 is 0 Å². The largest absolute Gasteiger partial charge is 0.123 e. The van der Waals surface area contributed by atoms with Crippen LogP contribution in [0, 0.1) is 23.2 Å². The van der Waals surface area contributed by atoms with E-state index in [-0.39, 0.29) is 5.38 Å². The average Bonchev–Trinajstić information content (AvgIpc) is 2.35. The summed E-state index contributed by atoms with van der Waals surface area (Å²) in [4.78, 5) is 0. The minimum Gasteiger partial charge on any atom is -0.123 e. The smallest absolute Gasteiger partial charge is 0.0408 e. The molecule has 1 aromatic carbocycles. The van der Waals surface area contributed by atoms with Gasteiger partial charge in [0.2, 0.25) is 0 Å². The SMILES string of the molecule is Clc1cccc(CC(Cl)CC23CC4CC(CC(C4)C2)C3)c1. The van der Waals surface area contributed by atoms with Gasteiger partial charge in [-0.2, -0.15) is 0 Å². The summed E-state index contributed by atoms with van der Waals surface area (Å²) in [6.07, 6.45) is 11.1. The van der Waals surface area contributed by atoms with E-state index in [0.29, 0.717) is 5.41 Å². The Labute approximate surface area is 138 Å². The van der Waals surface area contributed by atoms with E-state index in [1.54, 1.807) is 0 Å². The number of rotatable bonds is 4. The maximum absolute atomic E-state index is 6.76. The highest BCUT2D eigenvalue weighted by Crippen LogP contribution is 2.61. The van der Waals surface area contributed by atoms with Gasteiger partial charge in [0.25, 0.3) is 0 Å². The Balaban J connectivity index is 1.43. The molecule has 1 atom stereocenters. The normalized spacial score (nSPS) is 38.7. The van der Waals surface area contributed by atoms with Crippen LogP contribution >= 0.6 is 23.2 Å². The van der Waals surface area contributed by atoms with Crippen LogP contribution < -0.4 is 0 Å². The average molecular weight is 323 g/mol. The molecular weight excluding hydrogens is 299 g/mol. The molecule has 0 N–H and O–H groups in total. The topological polar surface area (TPSA) is 0 Å². The zero-order chi connectivity index (χ0) is 14.4. The lowest BCUT2D eigenvalue weighted by Crippen LogP contribution is -2.47. The second kappa shape index (κ2) is 5.46. The molecule has 114 valence electrons. The first-order chi connectivity index (χ1) is 10.1. The molecule has 0 radical (unpaired) electrons.